The average molecular weight is 391 g/mol. The zero-order valence-electron chi connectivity index (χ0n) is 16.5. The fourth-order valence-corrected chi connectivity index (χ4v) is 3.47. The lowest BCUT2D eigenvalue weighted by Crippen LogP contribution is -2.49. The van der Waals surface area contributed by atoms with Crippen molar-refractivity contribution in [1.29, 1.82) is 0 Å². The Labute approximate surface area is 165 Å². The summed E-state index contributed by atoms with van der Waals surface area (Å²) in [5.41, 5.74) is 6.65. The Kier molecular flexibility index (Phi) is 6.41. The molecule has 1 aromatic carbocycles. The summed E-state index contributed by atoms with van der Waals surface area (Å²) in [5.74, 6) is 0.918. The summed E-state index contributed by atoms with van der Waals surface area (Å²) in [6.45, 7) is 5.58. The van der Waals surface area contributed by atoms with E-state index < -0.39 is 6.04 Å². The van der Waals surface area contributed by atoms with Gasteiger partial charge in [0.05, 0.1) is 12.6 Å². The van der Waals surface area contributed by atoms with Crippen LogP contribution in [0, 0.1) is 5.92 Å². The number of ether oxygens (including phenoxy) is 3. The second-order valence-electron chi connectivity index (χ2n) is 7.73. The maximum absolute atomic E-state index is 12.3. The number of benzene rings is 1. The second-order valence-corrected chi connectivity index (χ2v) is 7.73. The summed E-state index contributed by atoms with van der Waals surface area (Å²) in [7, 11) is 0. The minimum Gasteiger partial charge on any atom is -0.454 e. The third-order valence-electron chi connectivity index (χ3n) is 5.50. The first-order valence-electron chi connectivity index (χ1n) is 9.69. The van der Waals surface area contributed by atoms with Gasteiger partial charge < -0.3 is 30.6 Å². The number of nitrogens with two attached hydrogens (primary N) is 1. The van der Waals surface area contributed by atoms with Gasteiger partial charge in [0.2, 0.25) is 18.6 Å². The van der Waals surface area contributed by atoms with Crippen LogP contribution in [0.3, 0.4) is 0 Å². The first kappa shape index (κ1) is 20.4. The molecule has 4 N–H and O–H groups in total. The molecule has 8 heteroatoms. The Morgan fingerprint density at radius 2 is 1.86 bits per heavy atom. The Bertz CT molecular complexity index is 716. The van der Waals surface area contributed by atoms with Crippen molar-refractivity contribution in [3.05, 3.63) is 23.8 Å². The fourth-order valence-electron chi connectivity index (χ4n) is 3.47. The number of rotatable bonds is 7. The van der Waals surface area contributed by atoms with Crippen molar-refractivity contribution in [3.8, 4) is 11.5 Å². The maximum atomic E-state index is 12.3. The average Bonchev–Trinajstić information content (AvgIpc) is 3.18. The highest BCUT2D eigenvalue weighted by Crippen LogP contribution is 2.40. The van der Waals surface area contributed by atoms with Crippen LogP contribution in [0.25, 0.3) is 0 Å². The van der Waals surface area contributed by atoms with Crippen molar-refractivity contribution >= 4 is 11.8 Å². The highest BCUT2D eigenvalue weighted by Gasteiger charge is 2.36. The van der Waals surface area contributed by atoms with Crippen molar-refractivity contribution in [1.82, 2.24) is 10.6 Å². The van der Waals surface area contributed by atoms with Gasteiger partial charge in [0.15, 0.2) is 11.5 Å². The Morgan fingerprint density at radius 3 is 2.57 bits per heavy atom. The molecule has 0 radical (unpaired) electrons. The molecule has 28 heavy (non-hydrogen) atoms. The molecule has 2 heterocycles. The van der Waals surface area contributed by atoms with Gasteiger partial charge in [-0.25, -0.2) is 0 Å². The van der Waals surface area contributed by atoms with Gasteiger partial charge >= 0.3 is 0 Å². The maximum Gasteiger partial charge on any atom is 0.239 e. The van der Waals surface area contributed by atoms with Gasteiger partial charge in [-0.1, -0.05) is 19.9 Å². The van der Waals surface area contributed by atoms with E-state index in [-0.39, 0.29) is 36.5 Å². The van der Waals surface area contributed by atoms with E-state index in [9.17, 15) is 9.59 Å². The van der Waals surface area contributed by atoms with Crippen LogP contribution in [0.15, 0.2) is 18.2 Å². The molecule has 0 saturated carbocycles. The van der Waals surface area contributed by atoms with Gasteiger partial charge in [-0.15, -0.1) is 0 Å². The van der Waals surface area contributed by atoms with Crippen LogP contribution in [0.4, 0.5) is 0 Å². The first-order chi connectivity index (χ1) is 13.4. The minimum atomic E-state index is -0.622. The van der Waals surface area contributed by atoms with Gasteiger partial charge in [-0.2, -0.15) is 0 Å². The first-order valence-corrected chi connectivity index (χ1v) is 9.69. The molecule has 0 unspecified atom stereocenters. The zero-order chi connectivity index (χ0) is 20.1. The predicted octanol–water partition coefficient (Wildman–Crippen LogP) is 0.679. The van der Waals surface area contributed by atoms with Crippen LogP contribution in [0.1, 0.15) is 32.3 Å². The number of amides is 2. The molecule has 0 aromatic heterocycles. The zero-order valence-corrected chi connectivity index (χ0v) is 16.5. The standard InChI is InChI=1S/C20H29N3O5/c1-13(2)18(21)19(25)22-10-17(24)23-11-20(5-7-26-8-6-20)14-3-4-15-16(9-14)28-12-27-15/h3-4,9,13,18H,5-8,10-12,21H2,1-2H3,(H,22,25)(H,23,24)/t18-/m0/s1. The lowest BCUT2D eigenvalue weighted by molar-refractivity contribution is -0.127. The van der Waals surface area contributed by atoms with Crippen molar-refractivity contribution in [2.75, 3.05) is 33.1 Å². The van der Waals surface area contributed by atoms with Crippen molar-refractivity contribution < 1.29 is 23.8 Å². The number of hydrogen-bond donors (Lipinski definition) is 3. The van der Waals surface area contributed by atoms with Crippen molar-refractivity contribution in [3.63, 3.8) is 0 Å². The minimum absolute atomic E-state index is 0.0135. The topological polar surface area (TPSA) is 112 Å². The lowest BCUT2D eigenvalue weighted by atomic mass is 9.74. The van der Waals surface area contributed by atoms with E-state index in [1.54, 1.807) is 0 Å². The van der Waals surface area contributed by atoms with Gasteiger partial charge in [-0.05, 0) is 36.5 Å². The molecule has 2 aliphatic heterocycles. The number of hydrogen-bond acceptors (Lipinski definition) is 6. The van der Waals surface area contributed by atoms with Gasteiger partial charge in [0.25, 0.3) is 0 Å². The molecular weight excluding hydrogens is 362 g/mol. The van der Waals surface area contributed by atoms with E-state index in [0.29, 0.717) is 19.8 Å². The summed E-state index contributed by atoms with van der Waals surface area (Å²) in [4.78, 5) is 24.2. The van der Waals surface area contributed by atoms with E-state index in [1.165, 1.54) is 0 Å². The molecule has 3 rings (SSSR count). The molecule has 2 aliphatic rings. The Morgan fingerprint density at radius 1 is 1.14 bits per heavy atom. The molecule has 1 atom stereocenters. The molecular formula is C20H29N3O5. The van der Waals surface area contributed by atoms with Gasteiger partial charge in [0.1, 0.15) is 0 Å². The third-order valence-corrected chi connectivity index (χ3v) is 5.50. The van der Waals surface area contributed by atoms with E-state index in [2.05, 4.69) is 10.6 Å². The van der Waals surface area contributed by atoms with Crippen LogP contribution >= 0.6 is 0 Å². The fraction of sp³-hybridized carbons (Fsp3) is 0.600. The summed E-state index contributed by atoms with van der Waals surface area (Å²) in [5, 5.41) is 5.56. The lowest BCUT2D eigenvalue weighted by Gasteiger charge is -2.38. The van der Waals surface area contributed by atoms with Gasteiger partial charge in [-0.3, -0.25) is 9.59 Å². The van der Waals surface area contributed by atoms with E-state index >= 15 is 0 Å². The normalized spacial score (nSPS) is 18.6. The molecule has 1 saturated heterocycles. The van der Waals surface area contributed by atoms with Crippen LogP contribution in [0.2, 0.25) is 0 Å². The predicted molar refractivity (Wildman–Crippen MR) is 103 cm³/mol. The van der Waals surface area contributed by atoms with Crippen LogP contribution in [-0.2, 0) is 19.7 Å². The van der Waals surface area contributed by atoms with Crippen molar-refractivity contribution in [2.45, 2.75) is 38.1 Å². The quantitative estimate of drug-likeness (QED) is 0.630. The summed E-state index contributed by atoms with van der Waals surface area (Å²) in [6.07, 6.45) is 1.58. The monoisotopic (exact) mass is 391 g/mol. The van der Waals surface area contributed by atoms with Gasteiger partial charge in [0, 0.05) is 25.2 Å². The molecule has 1 aromatic rings. The Hall–Kier alpha value is -2.32. The van der Waals surface area contributed by atoms with Crippen LogP contribution in [0.5, 0.6) is 11.5 Å². The molecule has 2 amide bonds. The number of carbonyl (C=O) groups excluding carboxylic acids is 2. The SMILES string of the molecule is CC(C)[C@H](N)C(=O)NCC(=O)NCC1(c2ccc3c(c2)OCO3)CCOCC1. The molecule has 154 valence electrons. The largest absolute Gasteiger partial charge is 0.454 e. The molecule has 0 aliphatic carbocycles. The van der Waals surface area contributed by atoms with Crippen molar-refractivity contribution in [2.24, 2.45) is 11.7 Å². The third kappa shape index (κ3) is 4.56. The molecule has 8 nitrogen and oxygen atoms in total. The van der Waals surface area contributed by atoms with E-state index in [0.717, 1.165) is 29.9 Å². The summed E-state index contributed by atoms with van der Waals surface area (Å²) >= 11 is 0. The highest BCUT2D eigenvalue weighted by molar-refractivity contribution is 5.87. The molecule has 0 spiro atoms. The van der Waals surface area contributed by atoms with E-state index in [4.69, 9.17) is 19.9 Å². The van der Waals surface area contributed by atoms with Crippen LogP contribution in [-0.4, -0.2) is 51.0 Å². The number of fused-ring (bicyclic) bond motifs is 1. The number of carbonyl (C=O) groups is 2. The number of nitrogens with one attached hydrogen (secondary N) is 2. The summed E-state index contributed by atoms with van der Waals surface area (Å²) in [6, 6.07) is 5.30. The smallest absolute Gasteiger partial charge is 0.239 e. The van der Waals surface area contributed by atoms with E-state index in [1.807, 2.05) is 32.0 Å². The highest BCUT2D eigenvalue weighted by atomic mass is 16.7. The molecule has 0 bridgehead atoms. The van der Waals surface area contributed by atoms with Crippen LogP contribution < -0.4 is 25.8 Å². The second kappa shape index (κ2) is 8.79. The molecule has 1 fully saturated rings. The summed E-state index contributed by atoms with van der Waals surface area (Å²) < 4.78 is 16.4. The Balaban J connectivity index is 1.62.